The van der Waals surface area contributed by atoms with Crippen LogP contribution in [0.4, 0.5) is 4.39 Å². The van der Waals surface area contributed by atoms with Crippen molar-refractivity contribution in [1.82, 2.24) is 15.3 Å². The van der Waals surface area contributed by atoms with Gasteiger partial charge in [-0.2, -0.15) is 0 Å². The van der Waals surface area contributed by atoms with Gasteiger partial charge in [-0.3, -0.25) is 0 Å². The van der Waals surface area contributed by atoms with Gasteiger partial charge in [0.05, 0.1) is 0 Å². The number of benzene rings is 1. The van der Waals surface area contributed by atoms with Crippen LogP contribution in [-0.4, -0.2) is 16.5 Å². The van der Waals surface area contributed by atoms with Crippen molar-refractivity contribution in [3.05, 3.63) is 53.9 Å². The molecule has 1 atom stereocenters. The number of aromatic amines is 1. The zero-order valence-electron chi connectivity index (χ0n) is 10.5. The van der Waals surface area contributed by atoms with Crippen LogP contribution in [0.25, 0.3) is 0 Å². The maximum absolute atomic E-state index is 12.9. The zero-order chi connectivity index (χ0) is 12.8. The summed E-state index contributed by atoms with van der Waals surface area (Å²) in [6.45, 7) is 2.97. The third kappa shape index (κ3) is 3.40. The van der Waals surface area contributed by atoms with E-state index in [0.29, 0.717) is 0 Å². The highest BCUT2D eigenvalue weighted by Gasteiger charge is 2.08. The van der Waals surface area contributed by atoms with E-state index in [1.54, 1.807) is 6.20 Å². The number of rotatable bonds is 6. The molecule has 1 unspecified atom stereocenters. The minimum Gasteiger partial charge on any atom is -0.349 e. The lowest BCUT2D eigenvalue weighted by molar-refractivity contribution is 0.517. The lowest BCUT2D eigenvalue weighted by atomic mass is 10.0. The number of halogens is 1. The van der Waals surface area contributed by atoms with Gasteiger partial charge in [0.1, 0.15) is 11.6 Å². The molecule has 1 aromatic heterocycles. The molecule has 0 aliphatic heterocycles. The monoisotopic (exact) mass is 247 g/mol. The molecule has 0 saturated heterocycles. The molecule has 0 amide bonds. The Labute approximate surface area is 106 Å². The van der Waals surface area contributed by atoms with Crippen LogP contribution < -0.4 is 5.32 Å². The van der Waals surface area contributed by atoms with Crippen molar-refractivity contribution < 1.29 is 4.39 Å². The Morgan fingerprint density at radius 1 is 1.33 bits per heavy atom. The summed E-state index contributed by atoms with van der Waals surface area (Å²) in [6.07, 6.45) is 5.42. The highest BCUT2D eigenvalue weighted by Crippen LogP contribution is 2.16. The van der Waals surface area contributed by atoms with E-state index in [1.165, 1.54) is 12.1 Å². The van der Waals surface area contributed by atoms with Crippen molar-refractivity contribution in [2.75, 3.05) is 6.54 Å². The van der Waals surface area contributed by atoms with Crippen LogP contribution in [0.1, 0.15) is 30.8 Å². The molecular formula is C14H18FN3. The highest BCUT2D eigenvalue weighted by atomic mass is 19.1. The molecule has 2 N–H and O–H groups in total. The molecule has 0 spiro atoms. The quantitative estimate of drug-likeness (QED) is 0.824. The first-order chi connectivity index (χ1) is 8.79. The third-order valence-corrected chi connectivity index (χ3v) is 2.99. The first kappa shape index (κ1) is 12.8. The average Bonchev–Trinajstić information content (AvgIpc) is 2.89. The van der Waals surface area contributed by atoms with E-state index in [4.69, 9.17) is 0 Å². The van der Waals surface area contributed by atoms with Crippen molar-refractivity contribution in [3.8, 4) is 0 Å². The maximum atomic E-state index is 12.9. The predicted octanol–water partition coefficient (Wildman–Crippen LogP) is 2.83. The summed E-state index contributed by atoms with van der Waals surface area (Å²) >= 11 is 0. The smallest absolute Gasteiger partial charge is 0.123 e. The normalized spacial score (nSPS) is 12.6. The fraction of sp³-hybridized carbons (Fsp3) is 0.357. The van der Waals surface area contributed by atoms with E-state index >= 15 is 0 Å². The van der Waals surface area contributed by atoms with E-state index in [9.17, 15) is 4.39 Å². The molecule has 1 heterocycles. The lowest BCUT2D eigenvalue weighted by Gasteiger charge is -2.17. The molecule has 4 heteroatoms. The van der Waals surface area contributed by atoms with E-state index in [0.717, 1.165) is 30.8 Å². The van der Waals surface area contributed by atoms with Crippen molar-refractivity contribution in [3.63, 3.8) is 0 Å². The first-order valence-corrected chi connectivity index (χ1v) is 6.26. The Bertz CT molecular complexity index is 450. The molecule has 0 aliphatic rings. The van der Waals surface area contributed by atoms with Crippen molar-refractivity contribution in [2.24, 2.45) is 0 Å². The minimum atomic E-state index is -0.191. The minimum absolute atomic E-state index is 0.191. The molecule has 0 aliphatic carbocycles. The summed E-state index contributed by atoms with van der Waals surface area (Å²) in [5.74, 6) is 0.792. The summed E-state index contributed by atoms with van der Waals surface area (Å²) in [6, 6.07) is 6.95. The number of hydrogen-bond acceptors (Lipinski definition) is 2. The number of nitrogens with one attached hydrogen (secondary N) is 2. The number of H-pyrrole nitrogens is 1. The summed E-state index contributed by atoms with van der Waals surface area (Å²) in [5, 5.41) is 3.46. The van der Waals surface area contributed by atoms with Crippen molar-refractivity contribution in [2.45, 2.75) is 25.8 Å². The summed E-state index contributed by atoms with van der Waals surface area (Å²) < 4.78 is 12.9. The molecule has 2 aromatic rings. The van der Waals surface area contributed by atoms with Crippen LogP contribution in [0.15, 0.2) is 36.7 Å². The molecule has 0 saturated carbocycles. The molecule has 0 bridgehead atoms. The van der Waals surface area contributed by atoms with Gasteiger partial charge in [0.25, 0.3) is 0 Å². The Morgan fingerprint density at radius 3 is 2.72 bits per heavy atom. The second-order valence-electron chi connectivity index (χ2n) is 4.25. The Balaban J connectivity index is 1.87. The van der Waals surface area contributed by atoms with Crippen LogP contribution in [0.2, 0.25) is 0 Å². The predicted molar refractivity (Wildman–Crippen MR) is 69.7 cm³/mol. The van der Waals surface area contributed by atoms with Crippen LogP contribution in [-0.2, 0) is 6.42 Å². The van der Waals surface area contributed by atoms with Crippen molar-refractivity contribution >= 4 is 0 Å². The SMILES string of the molecule is CCC(NCCc1ncc[nH]1)c1ccc(F)cc1. The maximum Gasteiger partial charge on any atom is 0.123 e. The molecular weight excluding hydrogens is 229 g/mol. The molecule has 1 aromatic carbocycles. The number of nitrogens with zero attached hydrogens (tertiary/aromatic N) is 1. The number of aromatic nitrogens is 2. The second kappa shape index (κ2) is 6.31. The standard InChI is InChI=1S/C14H18FN3/c1-2-13(11-3-5-12(15)6-4-11)16-8-7-14-17-9-10-18-14/h3-6,9-10,13,16H,2,7-8H2,1H3,(H,17,18). The topological polar surface area (TPSA) is 40.7 Å². The van der Waals surface area contributed by atoms with Gasteiger partial charge in [-0.25, -0.2) is 9.37 Å². The van der Waals surface area contributed by atoms with Gasteiger partial charge in [-0.15, -0.1) is 0 Å². The average molecular weight is 247 g/mol. The van der Waals surface area contributed by atoms with Crippen molar-refractivity contribution in [1.29, 1.82) is 0 Å². The van der Waals surface area contributed by atoms with Gasteiger partial charge in [0.15, 0.2) is 0 Å². The van der Waals surface area contributed by atoms with E-state index in [2.05, 4.69) is 22.2 Å². The fourth-order valence-electron chi connectivity index (χ4n) is 1.99. The lowest BCUT2D eigenvalue weighted by Crippen LogP contribution is -2.23. The summed E-state index contributed by atoms with van der Waals surface area (Å²) in [7, 11) is 0. The van der Waals surface area contributed by atoms with E-state index in [-0.39, 0.29) is 11.9 Å². The Morgan fingerprint density at radius 2 is 2.11 bits per heavy atom. The number of hydrogen-bond donors (Lipinski definition) is 2. The molecule has 0 fully saturated rings. The van der Waals surface area contributed by atoms with Crippen LogP contribution in [0.3, 0.4) is 0 Å². The second-order valence-corrected chi connectivity index (χ2v) is 4.25. The van der Waals surface area contributed by atoms with Gasteiger partial charge in [0.2, 0.25) is 0 Å². The van der Waals surface area contributed by atoms with E-state index in [1.807, 2.05) is 18.3 Å². The highest BCUT2D eigenvalue weighted by molar-refractivity contribution is 5.19. The Hall–Kier alpha value is -1.68. The Kier molecular flexibility index (Phi) is 4.47. The third-order valence-electron chi connectivity index (χ3n) is 2.99. The molecule has 96 valence electrons. The molecule has 3 nitrogen and oxygen atoms in total. The molecule has 18 heavy (non-hydrogen) atoms. The van der Waals surface area contributed by atoms with Gasteiger partial charge >= 0.3 is 0 Å². The first-order valence-electron chi connectivity index (χ1n) is 6.26. The van der Waals surface area contributed by atoms with Gasteiger partial charge in [-0.1, -0.05) is 19.1 Å². The van der Waals surface area contributed by atoms with Gasteiger partial charge < -0.3 is 10.3 Å². The van der Waals surface area contributed by atoms with Crippen LogP contribution in [0, 0.1) is 5.82 Å². The van der Waals surface area contributed by atoms with Gasteiger partial charge in [0, 0.05) is 31.4 Å². The van der Waals surface area contributed by atoms with E-state index < -0.39 is 0 Å². The molecule has 0 radical (unpaired) electrons. The molecule has 2 rings (SSSR count). The number of imidazole rings is 1. The zero-order valence-corrected chi connectivity index (χ0v) is 10.5. The summed E-state index contributed by atoms with van der Waals surface area (Å²) in [5.41, 5.74) is 1.12. The van der Waals surface area contributed by atoms with Gasteiger partial charge in [-0.05, 0) is 24.1 Å². The van der Waals surface area contributed by atoms with Crippen LogP contribution >= 0.6 is 0 Å². The fourth-order valence-corrected chi connectivity index (χ4v) is 1.99. The largest absolute Gasteiger partial charge is 0.349 e. The van der Waals surface area contributed by atoms with Crippen LogP contribution in [0.5, 0.6) is 0 Å². The summed E-state index contributed by atoms with van der Waals surface area (Å²) in [4.78, 5) is 7.25.